The van der Waals surface area contributed by atoms with Crippen molar-refractivity contribution in [3.63, 3.8) is 0 Å². The second-order valence-electron chi connectivity index (χ2n) is 5.94. The summed E-state index contributed by atoms with van der Waals surface area (Å²) >= 11 is 0. The van der Waals surface area contributed by atoms with Gasteiger partial charge in [-0.3, -0.25) is 9.59 Å². The predicted molar refractivity (Wildman–Crippen MR) is 102 cm³/mol. The van der Waals surface area contributed by atoms with Crippen molar-refractivity contribution in [2.75, 3.05) is 23.7 Å². The van der Waals surface area contributed by atoms with Gasteiger partial charge in [-0.05, 0) is 54.8 Å². The van der Waals surface area contributed by atoms with Gasteiger partial charge in [-0.2, -0.15) is 0 Å². The molecule has 5 nitrogen and oxygen atoms in total. The molecule has 0 aromatic heterocycles. The number of anilines is 2. The standard InChI is InChI=1S/C19H21N3O2.ClH/c20-16-7-3-14(4-8-16)11-12-21-19(24)15-5-9-17(10-6-15)22-13-1-2-18(22)23;/h3-10H,1-2,11-13,20H2,(H,21,24);1H. The molecule has 2 aromatic carbocycles. The van der Waals surface area contributed by atoms with E-state index in [0.717, 1.165) is 36.3 Å². The first-order valence-electron chi connectivity index (χ1n) is 8.16. The molecule has 0 atom stereocenters. The molecular formula is C19H22ClN3O2. The number of amides is 2. The third-order valence-electron chi connectivity index (χ3n) is 4.19. The van der Waals surface area contributed by atoms with E-state index in [1.165, 1.54) is 0 Å². The monoisotopic (exact) mass is 359 g/mol. The number of rotatable bonds is 5. The Kier molecular flexibility index (Phi) is 6.42. The van der Waals surface area contributed by atoms with E-state index in [-0.39, 0.29) is 24.2 Å². The third-order valence-corrected chi connectivity index (χ3v) is 4.19. The van der Waals surface area contributed by atoms with Gasteiger partial charge in [0.15, 0.2) is 0 Å². The zero-order valence-corrected chi connectivity index (χ0v) is 14.7. The number of hydrogen-bond donors (Lipinski definition) is 2. The molecule has 1 saturated heterocycles. The van der Waals surface area contributed by atoms with Crippen LogP contribution in [0.5, 0.6) is 0 Å². The van der Waals surface area contributed by atoms with E-state index in [4.69, 9.17) is 5.73 Å². The van der Waals surface area contributed by atoms with Crippen LogP contribution >= 0.6 is 12.4 Å². The van der Waals surface area contributed by atoms with Gasteiger partial charge < -0.3 is 16.0 Å². The third kappa shape index (κ3) is 4.73. The summed E-state index contributed by atoms with van der Waals surface area (Å²) < 4.78 is 0. The quantitative estimate of drug-likeness (QED) is 0.806. The summed E-state index contributed by atoms with van der Waals surface area (Å²) in [4.78, 5) is 25.7. The van der Waals surface area contributed by atoms with Crippen molar-refractivity contribution < 1.29 is 9.59 Å². The van der Waals surface area contributed by atoms with Crippen molar-refractivity contribution in [2.24, 2.45) is 0 Å². The largest absolute Gasteiger partial charge is 0.399 e. The van der Waals surface area contributed by atoms with Crippen LogP contribution in [0, 0.1) is 0 Å². The van der Waals surface area contributed by atoms with Crippen molar-refractivity contribution in [3.05, 3.63) is 59.7 Å². The van der Waals surface area contributed by atoms with Crippen molar-refractivity contribution in [2.45, 2.75) is 19.3 Å². The lowest BCUT2D eigenvalue weighted by Crippen LogP contribution is -2.26. The van der Waals surface area contributed by atoms with Gasteiger partial charge in [0.2, 0.25) is 5.91 Å². The Bertz CT molecular complexity index is 729. The van der Waals surface area contributed by atoms with Crippen LogP contribution < -0.4 is 16.0 Å². The van der Waals surface area contributed by atoms with Gasteiger partial charge in [-0.25, -0.2) is 0 Å². The first-order chi connectivity index (χ1) is 11.6. The molecule has 2 amide bonds. The maximum atomic E-state index is 12.2. The van der Waals surface area contributed by atoms with Gasteiger partial charge >= 0.3 is 0 Å². The lowest BCUT2D eigenvalue weighted by molar-refractivity contribution is -0.117. The molecule has 25 heavy (non-hydrogen) atoms. The molecule has 3 N–H and O–H groups in total. The van der Waals surface area contributed by atoms with Gasteiger partial charge in [0.1, 0.15) is 0 Å². The molecule has 0 aliphatic carbocycles. The van der Waals surface area contributed by atoms with Gasteiger partial charge in [0, 0.05) is 36.4 Å². The number of carbonyl (C=O) groups is 2. The molecule has 2 aromatic rings. The highest BCUT2D eigenvalue weighted by Gasteiger charge is 2.21. The van der Waals surface area contributed by atoms with E-state index in [1.54, 1.807) is 17.0 Å². The summed E-state index contributed by atoms with van der Waals surface area (Å²) in [5.74, 6) is 0.0421. The van der Waals surface area contributed by atoms with Crippen molar-refractivity contribution >= 4 is 35.6 Å². The summed E-state index contributed by atoms with van der Waals surface area (Å²) in [5, 5.41) is 2.91. The summed E-state index contributed by atoms with van der Waals surface area (Å²) in [6.45, 7) is 1.32. The van der Waals surface area contributed by atoms with E-state index in [2.05, 4.69) is 5.32 Å². The van der Waals surface area contributed by atoms with Gasteiger partial charge in [0.05, 0.1) is 0 Å². The van der Waals surface area contributed by atoms with Crippen molar-refractivity contribution in [1.82, 2.24) is 5.32 Å². The van der Waals surface area contributed by atoms with E-state index >= 15 is 0 Å². The van der Waals surface area contributed by atoms with Crippen molar-refractivity contribution in [1.29, 1.82) is 0 Å². The second kappa shape index (κ2) is 8.53. The molecule has 0 saturated carbocycles. The Morgan fingerprint density at radius 1 is 1.08 bits per heavy atom. The molecule has 132 valence electrons. The SMILES string of the molecule is Cl.Nc1ccc(CCNC(=O)c2ccc(N3CCCC3=O)cc2)cc1. The molecule has 0 radical (unpaired) electrons. The Morgan fingerprint density at radius 2 is 1.76 bits per heavy atom. The number of halogens is 1. The fourth-order valence-corrected chi connectivity index (χ4v) is 2.82. The molecule has 0 spiro atoms. The minimum Gasteiger partial charge on any atom is -0.399 e. The number of carbonyl (C=O) groups excluding carboxylic acids is 2. The summed E-state index contributed by atoms with van der Waals surface area (Å²) in [5.41, 5.74) is 8.98. The summed E-state index contributed by atoms with van der Waals surface area (Å²) in [6.07, 6.45) is 2.26. The van der Waals surface area contributed by atoms with E-state index < -0.39 is 0 Å². The van der Waals surface area contributed by atoms with Crippen LogP contribution in [0.4, 0.5) is 11.4 Å². The number of nitrogens with two attached hydrogens (primary N) is 1. The number of nitrogens with one attached hydrogen (secondary N) is 1. The molecule has 1 aliphatic rings. The van der Waals surface area contributed by atoms with E-state index in [1.807, 2.05) is 36.4 Å². The molecule has 3 rings (SSSR count). The van der Waals surface area contributed by atoms with Crippen LogP contribution in [0.3, 0.4) is 0 Å². The Labute approximate surface area is 153 Å². The average molecular weight is 360 g/mol. The summed E-state index contributed by atoms with van der Waals surface area (Å²) in [7, 11) is 0. The Balaban J connectivity index is 0.00000225. The van der Waals surface area contributed by atoms with Gasteiger partial charge in [0.25, 0.3) is 5.91 Å². The topological polar surface area (TPSA) is 75.4 Å². The Morgan fingerprint density at radius 3 is 2.36 bits per heavy atom. The maximum Gasteiger partial charge on any atom is 0.251 e. The van der Waals surface area contributed by atoms with Gasteiger partial charge in [-0.15, -0.1) is 12.4 Å². The highest BCUT2D eigenvalue weighted by molar-refractivity contribution is 5.97. The minimum absolute atomic E-state index is 0. The van der Waals surface area contributed by atoms with E-state index in [0.29, 0.717) is 18.5 Å². The van der Waals surface area contributed by atoms with Crippen LogP contribution in [-0.2, 0) is 11.2 Å². The average Bonchev–Trinajstić information content (AvgIpc) is 3.03. The highest BCUT2D eigenvalue weighted by atomic mass is 35.5. The molecule has 1 heterocycles. The lowest BCUT2D eigenvalue weighted by Gasteiger charge is -2.15. The molecule has 1 aliphatic heterocycles. The molecule has 1 fully saturated rings. The van der Waals surface area contributed by atoms with Crippen LogP contribution in [0.25, 0.3) is 0 Å². The summed E-state index contributed by atoms with van der Waals surface area (Å²) in [6, 6.07) is 14.8. The van der Waals surface area contributed by atoms with Crippen LogP contribution in [0.2, 0.25) is 0 Å². The highest BCUT2D eigenvalue weighted by Crippen LogP contribution is 2.21. The van der Waals surface area contributed by atoms with E-state index in [9.17, 15) is 9.59 Å². The van der Waals surface area contributed by atoms with Gasteiger partial charge in [-0.1, -0.05) is 12.1 Å². The second-order valence-corrected chi connectivity index (χ2v) is 5.94. The van der Waals surface area contributed by atoms with Crippen LogP contribution in [0.15, 0.2) is 48.5 Å². The zero-order valence-electron chi connectivity index (χ0n) is 13.9. The van der Waals surface area contributed by atoms with Crippen molar-refractivity contribution in [3.8, 4) is 0 Å². The minimum atomic E-state index is -0.107. The maximum absolute atomic E-state index is 12.2. The lowest BCUT2D eigenvalue weighted by atomic mass is 10.1. The normalized spacial score (nSPS) is 13.4. The smallest absolute Gasteiger partial charge is 0.251 e. The number of hydrogen-bond acceptors (Lipinski definition) is 3. The molecule has 0 unspecified atom stereocenters. The zero-order chi connectivity index (χ0) is 16.9. The number of nitrogens with zero attached hydrogens (tertiary/aromatic N) is 1. The molecule has 0 bridgehead atoms. The fraction of sp³-hybridized carbons (Fsp3) is 0.263. The predicted octanol–water partition coefficient (Wildman–Crippen LogP) is 2.79. The Hall–Kier alpha value is -2.53. The molecule has 6 heteroatoms. The number of benzene rings is 2. The fourth-order valence-electron chi connectivity index (χ4n) is 2.82. The van der Waals surface area contributed by atoms with Crippen LogP contribution in [-0.4, -0.2) is 24.9 Å². The molecular weight excluding hydrogens is 338 g/mol. The first-order valence-corrected chi connectivity index (χ1v) is 8.16. The van der Waals surface area contributed by atoms with Crippen LogP contribution in [0.1, 0.15) is 28.8 Å². The number of nitrogen functional groups attached to an aromatic ring is 1. The first kappa shape index (κ1) is 18.8.